The van der Waals surface area contributed by atoms with Crippen LogP contribution >= 0.6 is 11.6 Å². The first-order chi connectivity index (χ1) is 6.50. The van der Waals surface area contributed by atoms with Gasteiger partial charge in [-0.1, -0.05) is 11.6 Å². The lowest BCUT2D eigenvalue weighted by molar-refractivity contribution is 0.230. The van der Waals surface area contributed by atoms with Crippen LogP contribution in [0, 0.1) is 0 Å². The minimum absolute atomic E-state index is 0.223. The number of carbonyl (C=O) groups is 1. The Balaban J connectivity index is 2.82. The summed E-state index contributed by atoms with van der Waals surface area (Å²) in [5.41, 5.74) is 6.67. The average molecular weight is 214 g/mol. The van der Waals surface area contributed by atoms with Crippen molar-refractivity contribution in [1.29, 1.82) is 0 Å². The van der Waals surface area contributed by atoms with Crippen LogP contribution in [0.25, 0.3) is 0 Å². The van der Waals surface area contributed by atoms with Crippen molar-refractivity contribution in [2.24, 2.45) is 0 Å². The molecule has 3 N–H and O–H groups in total. The van der Waals surface area contributed by atoms with E-state index in [0.29, 0.717) is 16.4 Å². The highest BCUT2D eigenvalue weighted by molar-refractivity contribution is 6.31. The summed E-state index contributed by atoms with van der Waals surface area (Å²) in [4.78, 5) is 12.7. The second kappa shape index (κ2) is 4.19. The Labute approximate surface area is 87.6 Å². The number of hydrogen-bond acceptors (Lipinski definition) is 2. The summed E-state index contributed by atoms with van der Waals surface area (Å²) in [6.07, 6.45) is 0. The standard InChI is InChI=1S/C9H12ClN3O/c1-13(2)9(14)12-8-4-3-6(10)5-7(8)11/h3-5H,11H2,1-2H3,(H,12,14). The maximum absolute atomic E-state index is 11.3. The number of carbonyl (C=O) groups excluding carboxylic acids is 1. The van der Waals surface area contributed by atoms with E-state index in [9.17, 15) is 4.79 Å². The predicted molar refractivity (Wildman–Crippen MR) is 58.6 cm³/mol. The van der Waals surface area contributed by atoms with E-state index >= 15 is 0 Å². The highest BCUT2D eigenvalue weighted by Gasteiger charge is 2.06. The van der Waals surface area contributed by atoms with E-state index in [2.05, 4.69) is 5.32 Å². The molecule has 0 aliphatic heterocycles. The van der Waals surface area contributed by atoms with Crippen LogP contribution in [-0.4, -0.2) is 25.0 Å². The van der Waals surface area contributed by atoms with Crippen molar-refractivity contribution in [3.8, 4) is 0 Å². The van der Waals surface area contributed by atoms with E-state index in [1.54, 1.807) is 32.3 Å². The molecule has 0 saturated heterocycles. The lowest BCUT2D eigenvalue weighted by Gasteiger charge is -2.13. The Morgan fingerprint density at radius 1 is 1.50 bits per heavy atom. The Kier molecular flexibility index (Phi) is 3.19. The fourth-order valence-electron chi connectivity index (χ4n) is 0.874. The van der Waals surface area contributed by atoms with Gasteiger partial charge in [0.15, 0.2) is 0 Å². The van der Waals surface area contributed by atoms with Crippen molar-refractivity contribution in [2.45, 2.75) is 0 Å². The molecular weight excluding hydrogens is 202 g/mol. The zero-order valence-corrected chi connectivity index (χ0v) is 8.80. The first-order valence-corrected chi connectivity index (χ1v) is 4.42. The molecule has 0 bridgehead atoms. The lowest BCUT2D eigenvalue weighted by atomic mass is 10.3. The monoisotopic (exact) mass is 213 g/mol. The van der Waals surface area contributed by atoms with Crippen LogP contribution in [0.2, 0.25) is 5.02 Å². The Hall–Kier alpha value is -1.42. The van der Waals surface area contributed by atoms with Crippen LogP contribution in [0.3, 0.4) is 0 Å². The highest BCUT2D eigenvalue weighted by atomic mass is 35.5. The van der Waals surface area contributed by atoms with Crippen LogP contribution in [0.5, 0.6) is 0 Å². The molecule has 0 heterocycles. The molecule has 5 heteroatoms. The van der Waals surface area contributed by atoms with E-state index in [1.807, 2.05) is 0 Å². The van der Waals surface area contributed by atoms with Crippen molar-refractivity contribution in [3.63, 3.8) is 0 Å². The molecule has 0 spiro atoms. The molecule has 0 aliphatic carbocycles. The summed E-state index contributed by atoms with van der Waals surface area (Å²) in [6.45, 7) is 0. The number of hydrogen-bond donors (Lipinski definition) is 2. The fourth-order valence-corrected chi connectivity index (χ4v) is 1.05. The summed E-state index contributed by atoms with van der Waals surface area (Å²) < 4.78 is 0. The average Bonchev–Trinajstić information content (AvgIpc) is 2.09. The second-order valence-corrected chi connectivity index (χ2v) is 3.49. The Morgan fingerprint density at radius 2 is 2.14 bits per heavy atom. The van der Waals surface area contributed by atoms with Crippen LogP contribution in [-0.2, 0) is 0 Å². The molecule has 1 aromatic rings. The number of benzene rings is 1. The van der Waals surface area contributed by atoms with Crippen molar-refractivity contribution in [2.75, 3.05) is 25.1 Å². The molecular formula is C9H12ClN3O. The number of urea groups is 1. The first-order valence-electron chi connectivity index (χ1n) is 4.04. The first kappa shape index (κ1) is 10.7. The highest BCUT2D eigenvalue weighted by Crippen LogP contribution is 2.22. The minimum Gasteiger partial charge on any atom is -0.397 e. The molecule has 1 aromatic carbocycles. The Morgan fingerprint density at radius 3 is 2.64 bits per heavy atom. The SMILES string of the molecule is CN(C)C(=O)Nc1ccc(Cl)cc1N. The van der Waals surface area contributed by atoms with E-state index in [0.717, 1.165) is 0 Å². The van der Waals surface area contributed by atoms with Gasteiger partial charge in [-0.05, 0) is 18.2 Å². The number of amides is 2. The zero-order chi connectivity index (χ0) is 10.7. The van der Waals surface area contributed by atoms with Crippen LogP contribution < -0.4 is 11.1 Å². The smallest absolute Gasteiger partial charge is 0.321 e. The summed E-state index contributed by atoms with van der Waals surface area (Å²) >= 11 is 5.71. The van der Waals surface area contributed by atoms with Crippen molar-refractivity contribution >= 4 is 29.0 Å². The van der Waals surface area contributed by atoms with Crippen LogP contribution in [0.15, 0.2) is 18.2 Å². The van der Waals surface area contributed by atoms with Crippen molar-refractivity contribution < 1.29 is 4.79 Å². The third-order valence-corrected chi connectivity index (χ3v) is 1.90. The van der Waals surface area contributed by atoms with Crippen molar-refractivity contribution in [1.82, 2.24) is 4.90 Å². The predicted octanol–water partition coefficient (Wildman–Crippen LogP) is 2.02. The van der Waals surface area contributed by atoms with Gasteiger partial charge in [-0.3, -0.25) is 0 Å². The number of nitrogens with zero attached hydrogens (tertiary/aromatic N) is 1. The third-order valence-electron chi connectivity index (χ3n) is 1.66. The molecule has 2 amide bonds. The van der Waals surface area contributed by atoms with Gasteiger partial charge in [0.1, 0.15) is 0 Å². The molecule has 0 fully saturated rings. The zero-order valence-electron chi connectivity index (χ0n) is 8.04. The summed E-state index contributed by atoms with van der Waals surface area (Å²) in [5.74, 6) is 0. The van der Waals surface area contributed by atoms with Crippen LogP contribution in [0.1, 0.15) is 0 Å². The minimum atomic E-state index is -0.223. The van der Waals surface area contributed by atoms with E-state index in [4.69, 9.17) is 17.3 Å². The largest absolute Gasteiger partial charge is 0.397 e. The molecule has 0 saturated carbocycles. The fraction of sp³-hybridized carbons (Fsp3) is 0.222. The molecule has 4 nitrogen and oxygen atoms in total. The van der Waals surface area contributed by atoms with E-state index < -0.39 is 0 Å². The lowest BCUT2D eigenvalue weighted by Crippen LogP contribution is -2.27. The van der Waals surface area contributed by atoms with Gasteiger partial charge >= 0.3 is 6.03 Å². The summed E-state index contributed by atoms with van der Waals surface area (Å²) in [6, 6.07) is 4.70. The molecule has 0 radical (unpaired) electrons. The third kappa shape index (κ3) is 2.53. The van der Waals surface area contributed by atoms with Gasteiger partial charge < -0.3 is 16.0 Å². The number of nitrogens with one attached hydrogen (secondary N) is 1. The molecule has 14 heavy (non-hydrogen) atoms. The number of nitrogen functional groups attached to an aromatic ring is 1. The molecule has 0 unspecified atom stereocenters. The van der Waals surface area contributed by atoms with Gasteiger partial charge in [0.2, 0.25) is 0 Å². The van der Waals surface area contributed by atoms with Gasteiger partial charge in [0.25, 0.3) is 0 Å². The topological polar surface area (TPSA) is 58.4 Å². The van der Waals surface area contributed by atoms with E-state index in [1.165, 1.54) is 4.90 Å². The number of halogens is 1. The van der Waals surface area contributed by atoms with Crippen LogP contribution in [0.4, 0.5) is 16.2 Å². The molecule has 0 atom stereocenters. The molecule has 0 aliphatic rings. The molecule has 0 aromatic heterocycles. The maximum Gasteiger partial charge on any atom is 0.321 e. The van der Waals surface area contributed by atoms with Crippen molar-refractivity contribution in [3.05, 3.63) is 23.2 Å². The number of nitrogens with two attached hydrogens (primary N) is 1. The van der Waals surface area contributed by atoms with Gasteiger partial charge in [-0.2, -0.15) is 0 Å². The van der Waals surface area contributed by atoms with Gasteiger partial charge in [0, 0.05) is 19.1 Å². The van der Waals surface area contributed by atoms with Gasteiger partial charge in [-0.15, -0.1) is 0 Å². The number of anilines is 2. The second-order valence-electron chi connectivity index (χ2n) is 3.06. The van der Waals surface area contributed by atoms with Gasteiger partial charge in [-0.25, -0.2) is 4.79 Å². The summed E-state index contributed by atoms with van der Waals surface area (Å²) in [5, 5.41) is 3.19. The Bertz CT molecular complexity index is 352. The molecule has 76 valence electrons. The van der Waals surface area contributed by atoms with Gasteiger partial charge in [0.05, 0.1) is 11.4 Å². The van der Waals surface area contributed by atoms with E-state index in [-0.39, 0.29) is 6.03 Å². The summed E-state index contributed by atoms with van der Waals surface area (Å²) in [7, 11) is 3.31. The number of rotatable bonds is 1. The quantitative estimate of drug-likeness (QED) is 0.702. The molecule has 1 rings (SSSR count). The maximum atomic E-state index is 11.3. The normalized spacial score (nSPS) is 9.64.